The summed E-state index contributed by atoms with van der Waals surface area (Å²) in [4.78, 5) is 29.3. The summed E-state index contributed by atoms with van der Waals surface area (Å²) in [5, 5.41) is 6.27. The van der Waals surface area contributed by atoms with E-state index >= 15 is 0 Å². The fraction of sp³-hybridized carbons (Fsp3) is 0.500. The van der Waals surface area contributed by atoms with Crippen molar-refractivity contribution in [1.82, 2.24) is 15.1 Å². The molecule has 2 aromatic carbocycles. The van der Waals surface area contributed by atoms with Gasteiger partial charge in [0.15, 0.2) is 9.84 Å². The molecule has 9 heteroatoms. The molecule has 0 bridgehead atoms. The molecule has 200 valence electrons. The first kappa shape index (κ1) is 27.3. The van der Waals surface area contributed by atoms with Crippen LogP contribution in [-0.2, 0) is 27.5 Å². The molecule has 2 aliphatic rings. The minimum Gasteiger partial charge on any atom is -0.341 e. The fourth-order valence-corrected chi connectivity index (χ4v) is 6.76. The number of likely N-dealkylation sites (N-methyl/N-ethyl adjacent to an activating group) is 1. The number of carbonyl (C=O) groups excluding carboxylic acids is 2. The monoisotopic (exact) mass is 526 g/mol. The zero-order chi connectivity index (χ0) is 26.6. The van der Waals surface area contributed by atoms with E-state index in [4.69, 9.17) is 0 Å². The van der Waals surface area contributed by atoms with Crippen LogP contribution in [0, 0.1) is 6.92 Å². The van der Waals surface area contributed by atoms with Crippen LogP contribution in [0.2, 0.25) is 0 Å². The summed E-state index contributed by atoms with van der Waals surface area (Å²) in [5.74, 6) is -0.208. The van der Waals surface area contributed by atoms with E-state index in [-0.39, 0.29) is 23.7 Å². The number of sulfone groups is 1. The van der Waals surface area contributed by atoms with Gasteiger partial charge in [0.05, 0.1) is 11.4 Å². The molecule has 4 rings (SSSR count). The average Bonchev–Trinajstić information content (AvgIpc) is 2.87. The maximum atomic E-state index is 13.4. The number of rotatable bonds is 8. The molecule has 1 aliphatic heterocycles. The maximum absolute atomic E-state index is 13.4. The van der Waals surface area contributed by atoms with Crippen LogP contribution in [0.3, 0.4) is 0 Å². The standard InChI is InChI=1S/C28H38N4O4S/c1-20-8-4-5-9-22(20)28(34)30-25-12-13-26(24-11-7-6-10-23(24)25)37(35,36)19-29-21-14-16-32(17-15-21)27(33)18-31(2)3/h4-5,8-9,12-13,21,29H,6-7,10-11,14-19H2,1-3H3,(H,30,34). The Balaban J connectivity index is 1.44. The Labute approximate surface area is 220 Å². The SMILES string of the molecule is Cc1ccccc1C(=O)Nc1ccc(S(=O)(=O)CNC2CCN(C(=O)CN(C)C)CC2)c2c1CCCC2. The second-order valence-corrected chi connectivity index (χ2v) is 12.4. The molecule has 37 heavy (non-hydrogen) atoms. The molecular weight excluding hydrogens is 488 g/mol. The van der Waals surface area contributed by atoms with E-state index in [9.17, 15) is 18.0 Å². The molecule has 0 radical (unpaired) electrons. The lowest BCUT2D eigenvalue weighted by atomic mass is 9.90. The molecule has 0 spiro atoms. The van der Waals surface area contributed by atoms with Crippen LogP contribution >= 0.6 is 0 Å². The highest BCUT2D eigenvalue weighted by molar-refractivity contribution is 7.91. The molecule has 2 aromatic rings. The number of nitrogens with zero attached hydrogens (tertiary/aromatic N) is 2. The topological polar surface area (TPSA) is 98.8 Å². The summed E-state index contributed by atoms with van der Waals surface area (Å²) in [7, 11) is 0.189. The van der Waals surface area contributed by atoms with E-state index < -0.39 is 9.84 Å². The van der Waals surface area contributed by atoms with Gasteiger partial charge in [0.2, 0.25) is 5.91 Å². The molecule has 1 aliphatic carbocycles. The number of amides is 2. The molecule has 0 aromatic heterocycles. The van der Waals surface area contributed by atoms with Crippen LogP contribution in [-0.4, -0.2) is 75.7 Å². The van der Waals surface area contributed by atoms with E-state index in [2.05, 4.69) is 10.6 Å². The number of likely N-dealkylation sites (tertiary alicyclic amines) is 1. The second kappa shape index (κ2) is 11.8. The van der Waals surface area contributed by atoms with Gasteiger partial charge in [0.25, 0.3) is 5.91 Å². The van der Waals surface area contributed by atoms with Gasteiger partial charge in [-0.15, -0.1) is 0 Å². The lowest BCUT2D eigenvalue weighted by Gasteiger charge is -2.33. The Morgan fingerprint density at radius 3 is 2.35 bits per heavy atom. The summed E-state index contributed by atoms with van der Waals surface area (Å²) in [6, 6.07) is 10.9. The Bertz CT molecular complexity index is 1250. The van der Waals surface area contributed by atoms with Crippen LogP contribution in [0.4, 0.5) is 5.69 Å². The van der Waals surface area contributed by atoms with Crippen molar-refractivity contribution in [2.24, 2.45) is 0 Å². The number of hydrogen-bond donors (Lipinski definition) is 2. The average molecular weight is 527 g/mol. The number of benzene rings is 2. The van der Waals surface area contributed by atoms with Crippen molar-refractivity contribution >= 4 is 27.3 Å². The van der Waals surface area contributed by atoms with E-state index in [0.717, 1.165) is 48.8 Å². The van der Waals surface area contributed by atoms with Gasteiger partial charge in [-0.3, -0.25) is 9.59 Å². The quantitative estimate of drug-likeness (QED) is 0.549. The van der Waals surface area contributed by atoms with Crippen molar-refractivity contribution in [3.63, 3.8) is 0 Å². The van der Waals surface area contributed by atoms with Crippen molar-refractivity contribution in [2.75, 3.05) is 44.9 Å². The lowest BCUT2D eigenvalue weighted by Crippen LogP contribution is -2.48. The number of anilines is 1. The van der Waals surface area contributed by atoms with Gasteiger partial charge in [-0.1, -0.05) is 18.2 Å². The van der Waals surface area contributed by atoms with Crippen molar-refractivity contribution in [3.8, 4) is 0 Å². The van der Waals surface area contributed by atoms with Gasteiger partial charge in [0, 0.05) is 30.4 Å². The van der Waals surface area contributed by atoms with Crippen LogP contribution in [0.1, 0.15) is 52.7 Å². The largest absolute Gasteiger partial charge is 0.341 e. The number of piperidine rings is 1. The van der Waals surface area contributed by atoms with Gasteiger partial charge in [-0.05, 0) is 94.4 Å². The zero-order valence-corrected chi connectivity index (χ0v) is 22.9. The summed E-state index contributed by atoms with van der Waals surface area (Å²) >= 11 is 0. The van der Waals surface area contributed by atoms with E-state index in [1.807, 2.05) is 49.0 Å². The number of hydrogen-bond acceptors (Lipinski definition) is 6. The van der Waals surface area contributed by atoms with Crippen LogP contribution in [0.15, 0.2) is 41.3 Å². The van der Waals surface area contributed by atoms with E-state index in [0.29, 0.717) is 42.2 Å². The molecule has 8 nitrogen and oxygen atoms in total. The second-order valence-electron chi connectivity index (χ2n) is 10.4. The first-order valence-electron chi connectivity index (χ1n) is 13.1. The third-order valence-corrected chi connectivity index (χ3v) is 8.93. The predicted molar refractivity (Wildman–Crippen MR) is 146 cm³/mol. The summed E-state index contributed by atoms with van der Waals surface area (Å²) < 4.78 is 26.8. The molecule has 0 saturated carbocycles. The number of fused-ring (bicyclic) bond motifs is 1. The molecule has 0 atom stereocenters. The first-order valence-corrected chi connectivity index (χ1v) is 14.7. The van der Waals surface area contributed by atoms with Gasteiger partial charge < -0.3 is 20.4 Å². The first-order chi connectivity index (χ1) is 17.7. The number of aryl methyl sites for hydroxylation is 1. The molecule has 2 amide bonds. The molecule has 2 N–H and O–H groups in total. The predicted octanol–water partition coefficient (Wildman–Crippen LogP) is 3.00. The van der Waals surface area contributed by atoms with Crippen molar-refractivity contribution in [2.45, 2.75) is 56.4 Å². The third kappa shape index (κ3) is 6.58. The molecule has 1 fully saturated rings. The van der Waals surface area contributed by atoms with Crippen LogP contribution in [0.25, 0.3) is 0 Å². The minimum absolute atomic E-state index is 0.0571. The van der Waals surface area contributed by atoms with E-state index in [1.165, 1.54) is 0 Å². The van der Waals surface area contributed by atoms with Crippen LogP contribution in [0.5, 0.6) is 0 Å². The Hall–Kier alpha value is -2.75. The minimum atomic E-state index is -3.56. The summed E-state index contributed by atoms with van der Waals surface area (Å²) in [5.41, 5.74) is 3.97. The Kier molecular flexibility index (Phi) is 8.67. The fourth-order valence-electron chi connectivity index (χ4n) is 5.27. The smallest absolute Gasteiger partial charge is 0.255 e. The molecule has 1 heterocycles. The van der Waals surface area contributed by atoms with Crippen LogP contribution < -0.4 is 10.6 Å². The Morgan fingerprint density at radius 2 is 1.68 bits per heavy atom. The lowest BCUT2D eigenvalue weighted by molar-refractivity contribution is -0.132. The zero-order valence-electron chi connectivity index (χ0n) is 22.0. The molecular formula is C28H38N4O4S. The number of nitrogens with one attached hydrogen (secondary N) is 2. The maximum Gasteiger partial charge on any atom is 0.255 e. The molecule has 1 saturated heterocycles. The van der Waals surface area contributed by atoms with Crippen molar-refractivity contribution < 1.29 is 18.0 Å². The van der Waals surface area contributed by atoms with Gasteiger partial charge in [-0.2, -0.15) is 0 Å². The third-order valence-electron chi connectivity index (χ3n) is 7.33. The van der Waals surface area contributed by atoms with Crippen molar-refractivity contribution in [3.05, 3.63) is 58.7 Å². The highest BCUT2D eigenvalue weighted by Crippen LogP contribution is 2.34. The van der Waals surface area contributed by atoms with Crippen molar-refractivity contribution in [1.29, 1.82) is 0 Å². The molecule has 0 unspecified atom stereocenters. The highest BCUT2D eigenvalue weighted by Gasteiger charge is 2.28. The normalized spacial score (nSPS) is 16.5. The number of carbonyl (C=O) groups is 2. The Morgan fingerprint density at radius 1 is 1.00 bits per heavy atom. The van der Waals surface area contributed by atoms with Gasteiger partial charge in [-0.25, -0.2) is 8.42 Å². The van der Waals surface area contributed by atoms with Gasteiger partial charge >= 0.3 is 0 Å². The van der Waals surface area contributed by atoms with E-state index in [1.54, 1.807) is 18.2 Å². The van der Waals surface area contributed by atoms with Gasteiger partial charge in [0.1, 0.15) is 5.88 Å². The highest BCUT2D eigenvalue weighted by atomic mass is 32.2. The summed E-state index contributed by atoms with van der Waals surface area (Å²) in [6.45, 7) is 3.56. The summed E-state index contributed by atoms with van der Waals surface area (Å²) in [6.07, 6.45) is 4.79.